The summed E-state index contributed by atoms with van der Waals surface area (Å²) in [5.74, 6) is 0.130. The molecule has 0 aliphatic rings. The van der Waals surface area contributed by atoms with Gasteiger partial charge in [0, 0.05) is 6.42 Å². The first-order chi connectivity index (χ1) is 5.40. The number of rotatable bonds is 3. The topological polar surface area (TPSA) is 51.2 Å². The second kappa shape index (κ2) is 11.0. The van der Waals surface area contributed by atoms with Crippen LogP contribution in [0.1, 0.15) is 48.0 Å². The van der Waals surface area contributed by atoms with Crippen molar-refractivity contribution < 1.29 is 14.4 Å². The number of Topliss-reactive ketones (excluding diaryl/α,β-unsaturated/α-hetero) is 3. The molecule has 0 unspecified atom stereocenters. The molecule has 3 heteroatoms. The zero-order valence-electron chi connectivity index (χ0n) is 8.14. The van der Waals surface area contributed by atoms with Crippen molar-refractivity contribution in [3.05, 3.63) is 0 Å². The number of ketones is 3. The number of carbonyl (C=O) groups excluding carboxylic acids is 3. The van der Waals surface area contributed by atoms with Crippen LogP contribution in [0.2, 0.25) is 0 Å². The Morgan fingerprint density at radius 1 is 0.846 bits per heavy atom. The summed E-state index contributed by atoms with van der Waals surface area (Å²) < 4.78 is 0. The molecule has 0 fully saturated rings. The zero-order valence-corrected chi connectivity index (χ0v) is 8.14. The Hall–Kier alpha value is -0.990. The molecular formula is C10H20O3. The summed E-state index contributed by atoms with van der Waals surface area (Å²) in [6, 6.07) is 0. The van der Waals surface area contributed by atoms with Crippen molar-refractivity contribution in [2.45, 2.75) is 48.0 Å². The largest absolute Gasteiger partial charge is 0.300 e. The molecule has 0 heterocycles. The van der Waals surface area contributed by atoms with E-state index >= 15 is 0 Å². The molecule has 0 radical (unpaired) electrons. The zero-order chi connectivity index (χ0) is 10.1. The first-order valence-corrected chi connectivity index (χ1v) is 3.88. The standard InChI is InChI=1S/C5H8O2.C4H8O.CH4/c1-4(6)3-5(2)7;1-3-4(2)5;/h3H2,1-2H3;3H2,1-2H3;1H4. The molecule has 0 aliphatic heterocycles. The number of hydrogen-bond acceptors (Lipinski definition) is 3. The van der Waals surface area contributed by atoms with E-state index in [0.29, 0.717) is 6.42 Å². The van der Waals surface area contributed by atoms with Gasteiger partial charge in [-0.2, -0.15) is 0 Å². The van der Waals surface area contributed by atoms with E-state index in [0.717, 1.165) is 0 Å². The van der Waals surface area contributed by atoms with Gasteiger partial charge in [-0.1, -0.05) is 14.4 Å². The molecule has 0 saturated heterocycles. The fraction of sp³-hybridized carbons (Fsp3) is 0.700. The normalized spacial score (nSPS) is 7.38. The number of hydrogen-bond donors (Lipinski definition) is 0. The highest BCUT2D eigenvalue weighted by atomic mass is 16.1. The van der Waals surface area contributed by atoms with Gasteiger partial charge in [0.15, 0.2) is 0 Å². The monoisotopic (exact) mass is 188 g/mol. The van der Waals surface area contributed by atoms with Gasteiger partial charge in [0.2, 0.25) is 0 Å². The quantitative estimate of drug-likeness (QED) is 0.638. The van der Waals surface area contributed by atoms with E-state index in [2.05, 4.69) is 0 Å². The summed E-state index contributed by atoms with van der Waals surface area (Å²) in [5, 5.41) is 0. The van der Waals surface area contributed by atoms with Gasteiger partial charge in [0.05, 0.1) is 6.42 Å². The second-order valence-electron chi connectivity index (χ2n) is 2.64. The lowest BCUT2D eigenvalue weighted by Crippen LogP contribution is -1.97. The molecule has 0 aromatic carbocycles. The summed E-state index contributed by atoms with van der Waals surface area (Å²) in [6.07, 6.45) is 0.750. The van der Waals surface area contributed by atoms with Gasteiger partial charge >= 0.3 is 0 Å². The van der Waals surface area contributed by atoms with E-state index in [1.165, 1.54) is 13.8 Å². The van der Waals surface area contributed by atoms with E-state index in [9.17, 15) is 14.4 Å². The molecule has 0 saturated carbocycles. The minimum Gasteiger partial charge on any atom is -0.300 e. The van der Waals surface area contributed by atoms with Gasteiger partial charge in [-0.25, -0.2) is 0 Å². The smallest absolute Gasteiger partial charge is 0.137 e. The summed E-state index contributed by atoms with van der Waals surface area (Å²) in [6.45, 7) is 6.24. The van der Waals surface area contributed by atoms with Gasteiger partial charge in [0.25, 0.3) is 0 Å². The Bertz CT molecular complexity index is 159. The lowest BCUT2D eigenvalue weighted by molar-refractivity contribution is -0.124. The van der Waals surface area contributed by atoms with Gasteiger partial charge in [-0.05, 0) is 20.8 Å². The summed E-state index contributed by atoms with van der Waals surface area (Å²) in [4.78, 5) is 29.9. The van der Waals surface area contributed by atoms with Gasteiger partial charge in [-0.3, -0.25) is 9.59 Å². The van der Waals surface area contributed by atoms with Crippen LogP contribution in [-0.2, 0) is 14.4 Å². The SMILES string of the molecule is C.CC(=O)CC(C)=O.CCC(C)=O. The average Bonchev–Trinajstić information content (AvgIpc) is 1.85. The Morgan fingerprint density at radius 2 is 1.08 bits per heavy atom. The molecule has 0 spiro atoms. The highest BCUT2D eigenvalue weighted by Gasteiger charge is 1.94. The van der Waals surface area contributed by atoms with Gasteiger partial charge < -0.3 is 4.79 Å². The fourth-order valence-electron chi connectivity index (χ4n) is 0.351. The highest BCUT2D eigenvalue weighted by Crippen LogP contribution is 1.80. The van der Waals surface area contributed by atoms with Crippen molar-refractivity contribution in [1.82, 2.24) is 0 Å². The average molecular weight is 188 g/mol. The van der Waals surface area contributed by atoms with E-state index < -0.39 is 0 Å². The van der Waals surface area contributed by atoms with Crippen LogP contribution in [0.4, 0.5) is 0 Å². The third-order valence-corrected chi connectivity index (χ3v) is 0.996. The predicted octanol–water partition coefficient (Wildman–Crippen LogP) is 2.18. The van der Waals surface area contributed by atoms with Crippen molar-refractivity contribution in [3.63, 3.8) is 0 Å². The maximum atomic E-state index is 10.0. The van der Waals surface area contributed by atoms with Crippen LogP contribution in [0.5, 0.6) is 0 Å². The van der Waals surface area contributed by atoms with Crippen LogP contribution in [0, 0.1) is 0 Å². The van der Waals surface area contributed by atoms with Gasteiger partial charge in [0.1, 0.15) is 17.3 Å². The van der Waals surface area contributed by atoms with Crippen LogP contribution < -0.4 is 0 Å². The van der Waals surface area contributed by atoms with Crippen LogP contribution >= 0.6 is 0 Å². The third kappa shape index (κ3) is 35.6. The molecule has 0 rings (SSSR count). The van der Waals surface area contributed by atoms with Crippen molar-refractivity contribution >= 4 is 17.3 Å². The van der Waals surface area contributed by atoms with Crippen molar-refractivity contribution in [2.24, 2.45) is 0 Å². The van der Waals surface area contributed by atoms with Crippen LogP contribution in [0.25, 0.3) is 0 Å². The molecule has 0 bridgehead atoms. The Labute approximate surface area is 80.5 Å². The lowest BCUT2D eigenvalue weighted by Gasteiger charge is -1.81. The number of carbonyl (C=O) groups is 3. The predicted molar refractivity (Wildman–Crippen MR) is 53.7 cm³/mol. The minimum atomic E-state index is -0.0625. The maximum Gasteiger partial charge on any atom is 0.137 e. The molecule has 13 heavy (non-hydrogen) atoms. The molecule has 78 valence electrons. The van der Waals surface area contributed by atoms with Crippen LogP contribution in [0.3, 0.4) is 0 Å². The van der Waals surface area contributed by atoms with Crippen molar-refractivity contribution in [1.29, 1.82) is 0 Å². The first-order valence-electron chi connectivity index (χ1n) is 3.88. The fourth-order valence-corrected chi connectivity index (χ4v) is 0.351. The van der Waals surface area contributed by atoms with E-state index in [1.807, 2.05) is 6.92 Å². The third-order valence-electron chi connectivity index (χ3n) is 0.996. The lowest BCUT2D eigenvalue weighted by atomic mass is 10.2. The van der Waals surface area contributed by atoms with Crippen LogP contribution in [0.15, 0.2) is 0 Å². The summed E-state index contributed by atoms with van der Waals surface area (Å²) in [7, 11) is 0. The van der Waals surface area contributed by atoms with E-state index in [4.69, 9.17) is 0 Å². The molecule has 0 atom stereocenters. The van der Waals surface area contributed by atoms with E-state index in [-0.39, 0.29) is 31.2 Å². The van der Waals surface area contributed by atoms with Crippen molar-refractivity contribution in [3.8, 4) is 0 Å². The summed E-state index contributed by atoms with van der Waals surface area (Å²) in [5.41, 5.74) is 0. The van der Waals surface area contributed by atoms with Crippen LogP contribution in [-0.4, -0.2) is 17.3 Å². The minimum absolute atomic E-state index is 0. The molecular weight excluding hydrogens is 168 g/mol. The van der Waals surface area contributed by atoms with Gasteiger partial charge in [-0.15, -0.1) is 0 Å². The second-order valence-corrected chi connectivity index (χ2v) is 2.64. The maximum absolute atomic E-state index is 10.0. The van der Waals surface area contributed by atoms with Crippen molar-refractivity contribution in [2.75, 3.05) is 0 Å². The molecule has 0 aromatic rings. The first kappa shape index (κ1) is 17.9. The molecule has 3 nitrogen and oxygen atoms in total. The Morgan fingerprint density at radius 3 is 1.08 bits per heavy atom. The molecule has 0 amide bonds. The molecule has 0 N–H and O–H groups in total. The molecule has 0 aromatic heterocycles. The van der Waals surface area contributed by atoms with E-state index in [1.54, 1.807) is 6.92 Å². The highest BCUT2D eigenvalue weighted by molar-refractivity contribution is 5.96. The Kier molecular flexibility index (Phi) is 15.2. The summed E-state index contributed by atoms with van der Waals surface area (Å²) >= 11 is 0. The Balaban J connectivity index is -0.000000150. The molecule has 0 aliphatic carbocycles.